The van der Waals surface area contributed by atoms with Gasteiger partial charge in [-0.05, 0) is 56.0 Å². The molecule has 160 valence electrons. The summed E-state index contributed by atoms with van der Waals surface area (Å²) in [4.78, 5) is 28.4. The Bertz CT molecular complexity index is 1040. The first kappa shape index (κ1) is 20.8. The Labute approximate surface area is 182 Å². The lowest BCUT2D eigenvalue weighted by Crippen LogP contribution is -2.41. The van der Waals surface area contributed by atoms with E-state index >= 15 is 0 Å². The van der Waals surface area contributed by atoms with Crippen molar-refractivity contribution < 1.29 is 14.3 Å². The molecular weight excluding hydrogens is 392 g/mol. The van der Waals surface area contributed by atoms with E-state index in [1.807, 2.05) is 48.4 Å². The number of benzene rings is 1. The van der Waals surface area contributed by atoms with Gasteiger partial charge >= 0.3 is 0 Å². The third kappa shape index (κ3) is 4.66. The lowest BCUT2D eigenvalue weighted by molar-refractivity contribution is -0.137. The fourth-order valence-electron chi connectivity index (χ4n) is 3.97. The number of hydrogen-bond acceptors (Lipinski definition) is 6. The molecule has 1 aliphatic heterocycles. The van der Waals surface area contributed by atoms with Crippen molar-refractivity contribution in [2.24, 2.45) is 0 Å². The topological polar surface area (TPSA) is 77.4 Å². The summed E-state index contributed by atoms with van der Waals surface area (Å²) in [7, 11) is 1.59. The molecule has 31 heavy (non-hydrogen) atoms. The Balaban J connectivity index is 1.59. The van der Waals surface area contributed by atoms with Crippen molar-refractivity contribution in [1.29, 1.82) is 0 Å². The minimum atomic E-state index is -0.118. The van der Waals surface area contributed by atoms with Gasteiger partial charge in [0, 0.05) is 30.7 Å². The Hall–Kier alpha value is -3.48. The third-order valence-electron chi connectivity index (χ3n) is 5.49. The average molecular weight is 418 g/mol. The fraction of sp³-hybridized carbons (Fsp3) is 0.333. The maximum Gasteiger partial charge on any atom is 0.261 e. The van der Waals surface area contributed by atoms with E-state index in [0.717, 1.165) is 36.1 Å². The van der Waals surface area contributed by atoms with Crippen LogP contribution in [0.5, 0.6) is 11.5 Å². The fourth-order valence-corrected chi connectivity index (χ4v) is 3.97. The summed E-state index contributed by atoms with van der Waals surface area (Å²) in [5, 5.41) is 0. The molecular formula is C24H26N4O3. The molecule has 7 heteroatoms. The summed E-state index contributed by atoms with van der Waals surface area (Å²) in [6.07, 6.45) is 8.21. The van der Waals surface area contributed by atoms with Gasteiger partial charge in [0.2, 0.25) is 0 Å². The van der Waals surface area contributed by atoms with Crippen molar-refractivity contribution in [2.45, 2.75) is 32.2 Å². The van der Waals surface area contributed by atoms with Gasteiger partial charge in [-0.3, -0.25) is 9.78 Å². The molecule has 1 aromatic carbocycles. The first-order chi connectivity index (χ1) is 15.2. The number of carbonyl (C=O) groups is 1. The first-order valence-electron chi connectivity index (χ1n) is 10.5. The van der Waals surface area contributed by atoms with Crippen LogP contribution in [-0.4, -0.2) is 46.0 Å². The zero-order chi connectivity index (χ0) is 21.6. The quantitative estimate of drug-likeness (QED) is 0.602. The zero-order valence-corrected chi connectivity index (χ0v) is 17.8. The highest BCUT2D eigenvalue weighted by Crippen LogP contribution is 2.36. The smallest absolute Gasteiger partial charge is 0.261 e. The van der Waals surface area contributed by atoms with E-state index in [1.165, 1.54) is 0 Å². The van der Waals surface area contributed by atoms with Crippen LogP contribution in [0.3, 0.4) is 0 Å². The van der Waals surface area contributed by atoms with E-state index < -0.39 is 0 Å². The highest BCUT2D eigenvalue weighted by Gasteiger charge is 2.31. The summed E-state index contributed by atoms with van der Waals surface area (Å²) in [5.74, 6) is 1.79. The van der Waals surface area contributed by atoms with Crippen LogP contribution in [0.2, 0.25) is 0 Å². The van der Waals surface area contributed by atoms with Gasteiger partial charge in [0.15, 0.2) is 18.1 Å². The summed E-state index contributed by atoms with van der Waals surface area (Å²) < 4.78 is 11.1. The van der Waals surface area contributed by atoms with Gasteiger partial charge in [0.05, 0.1) is 18.8 Å². The van der Waals surface area contributed by atoms with E-state index in [9.17, 15) is 4.79 Å². The number of rotatable bonds is 6. The van der Waals surface area contributed by atoms with Crippen LogP contribution >= 0.6 is 0 Å². The van der Waals surface area contributed by atoms with Gasteiger partial charge in [-0.15, -0.1) is 0 Å². The average Bonchev–Trinajstić information content (AvgIpc) is 2.83. The van der Waals surface area contributed by atoms with Crippen LogP contribution in [0, 0.1) is 6.92 Å². The normalized spacial score (nSPS) is 16.1. The lowest BCUT2D eigenvalue weighted by Gasteiger charge is -2.36. The van der Waals surface area contributed by atoms with Crippen molar-refractivity contribution >= 4 is 5.91 Å². The van der Waals surface area contributed by atoms with Crippen molar-refractivity contribution in [3.05, 3.63) is 66.5 Å². The third-order valence-corrected chi connectivity index (χ3v) is 5.49. The molecule has 7 nitrogen and oxygen atoms in total. The maximum atomic E-state index is 13.2. The molecule has 0 aliphatic carbocycles. The molecule has 0 radical (unpaired) electrons. The monoisotopic (exact) mass is 418 g/mol. The molecule has 1 fully saturated rings. The van der Waals surface area contributed by atoms with Crippen LogP contribution in [0.15, 0.2) is 55.0 Å². The standard InChI is InChI=1S/C24H26N4O3/c1-17-26-15-19(18-10-12-25-13-11-18)24(27-17)20-7-5-6-14-28(20)23(29)16-31-22-9-4-3-8-21(22)30-2/h3-4,8-13,15,20H,5-7,14,16H2,1-2H3/t20-/m1/s1. The van der Waals surface area contributed by atoms with Crippen LogP contribution < -0.4 is 9.47 Å². The number of methoxy groups -OCH3 is 1. The van der Waals surface area contributed by atoms with Gasteiger partial charge in [0.25, 0.3) is 5.91 Å². The number of ether oxygens (including phenoxy) is 2. The lowest BCUT2D eigenvalue weighted by atomic mass is 9.94. The maximum absolute atomic E-state index is 13.2. The van der Waals surface area contributed by atoms with Gasteiger partial charge in [-0.1, -0.05) is 12.1 Å². The number of aryl methyl sites for hydroxylation is 1. The molecule has 0 spiro atoms. The van der Waals surface area contributed by atoms with Crippen LogP contribution in [-0.2, 0) is 4.79 Å². The summed E-state index contributed by atoms with van der Waals surface area (Å²) >= 11 is 0. The predicted molar refractivity (Wildman–Crippen MR) is 117 cm³/mol. The Morgan fingerprint density at radius 2 is 1.90 bits per heavy atom. The molecule has 1 amide bonds. The summed E-state index contributed by atoms with van der Waals surface area (Å²) in [5.41, 5.74) is 2.81. The summed E-state index contributed by atoms with van der Waals surface area (Å²) in [6.45, 7) is 2.50. The molecule has 1 saturated heterocycles. The molecule has 1 aliphatic rings. The van der Waals surface area contributed by atoms with E-state index in [-0.39, 0.29) is 18.6 Å². The molecule has 0 bridgehead atoms. The molecule has 0 unspecified atom stereocenters. The SMILES string of the molecule is COc1ccccc1OCC(=O)N1CCCC[C@@H]1c1nc(C)ncc1-c1ccncc1. The molecule has 3 aromatic rings. The number of nitrogens with zero attached hydrogens (tertiary/aromatic N) is 4. The van der Waals surface area contributed by atoms with Gasteiger partial charge in [-0.25, -0.2) is 9.97 Å². The second-order valence-corrected chi connectivity index (χ2v) is 7.49. The number of carbonyl (C=O) groups excluding carboxylic acids is 1. The number of pyridine rings is 1. The minimum Gasteiger partial charge on any atom is -0.493 e. The number of para-hydroxylation sites is 2. The van der Waals surface area contributed by atoms with Gasteiger partial charge < -0.3 is 14.4 Å². The van der Waals surface area contributed by atoms with Crippen molar-refractivity contribution in [3.63, 3.8) is 0 Å². The minimum absolute atomic E-state index is 0.0501. The van der Waals surface area contributed by atoms with E-state index in [1.54, 1.807) is 25.6 Å². The second kappa shape index (κ2) is 9.55. The van der Waals surface area contributed by atoms with E-state index in [0.29, 0.717) is 23.9 Å². The molecule has 3 heterocycles. The van der Waals surface area contributed by atoms with E-state index in [2.05, 4.69) is 9.97 Å². The van der Waals surface area contributed by atoms with Gasteiger partial charge in [-0.2, -0.15) is 0 Å². The van der Waals surface area contributed by atoms with Gasteiger partial charge in [0.1, 0.15) is 5.82 Å². The molecule has 1 atom stereocenters. The predicted octanol–water partition coefficient (Wildman–Crippen LogP) is 3.99. The van der Waals surface area contributed by atoms with Crippen LogP contribution in [0.25, 0.3) is 11.1 Å². The molecule has 0 N–H and O–H groups in total. The molecule has 0 saturated carbocycles. The summed E-state index contributed by atoms with van der Waals surface area (Å²) in [6, 6.07) is 11.1. The number of likely N-dealkylation sites (tertiary alicyclic amines) is 1. The number of hydrogen-bond donors (Lipinski definition) is 0. The Morgan fingerprint density at radius 1 is 1.13 bits per heavy atom. The van der Waals surface area contributed by atoms with Crippen LogP contribution in [0.4, 0.5) is 0 Å². The highest BCUT2D eigenvalue weighted by atomic mass is 16.5. The Morgan fingerprint density at radius 3 is 2.68 bits per heavy atom. The zero-order valence-electron chi connectivity index (χ0n) is 17.8. The largest absolute Gasteiger partial charge is 0.493 e. The highest BCUT2D eigenvalue weighted by molar-refractivity contribution is 5.79. The Kier molecular flexibility index (Phi) is 6.40. The second-order valence-electron chi connectivity index (χ2n) is 7.49. The first-order valence-corrected chi connectivity index (χ1v) is 10.5. The molecule has 2 aromatic heterocycles. The van der Waals surface area contributed by atoms with Crippen LogP contribution in [0.1, 0.15) is 36.8 Å². The number of aromatic nitrogens is 3. The molecule has 4 rings (SSSR count). The number of amides is 1. The van der Waals surface area contributed by atoms with Crippen molar-refractivity contribution in [2.75, 3.05) is 20.3 Å². The van der Waals surface area contributed by atoms with Crippen molar-refractivity contribution in [1.82, 2.24) is 19.9 Å². The van der Waals surface area contributed by atoms with E-state index in [4.69, 9.17) is 14.5 Å². The van der Waals surface area contributed by atoms with Crippen molar-refractivity contribution in [3.8, 4) is 22.6 Å². The number of piperidine rings is 1.